The molecule has 0 saturated heterocycles. The summed E-state index contributed by atoms with van der Waals surface area (Å²) in [5, 5.41) is 14.5. The van der Waals surface area contributed by atoms with Crippen LogP contribution in [0.15, 0.2) is 46.6 Å². The van der Waals surface area contributed by atoms with Crippen LogP contribution < -0.4 is 5.56 Å². The Balaban J connectivity index is 0.00000225. The zero-order valence-corrected chi connectivity index (χ0v) is 18.0. The van der Waals surface area contributed by atoms with E-state index < -0.39 is 0 Å². The Labute approximate surface area is 177 Å². The summed E-state index contributed by atoms with van der Waals surface area (Å²) in [7, 11) is 4.08. The average Bonchev–Trinajstić information content (AvgIpc) is 3.13. The van der Waals surface area contributed by atoms with Crippen LogP contribution in [0.2, 0.25) is 5.02 Å². The van der Waals surface area contributed by atoms with Crippen LogP contribution in [0.5, 0.6) is 5.75 Å². The van der Waals surface area contributed by atoms with E-state index in [1.165, 1.54) is 23.0 Å². The van der Waals surface area contributed by atoms with E-state index in [9.17, 15) is 9.90 Å². The highest BCUT2D eigenvalue weighted by atomic mass is 35.5. The molecule has 0 radical (unpaired) electrons. The number of benzene rings is 2. The van der Waals surface area contributed by atoms with Crippen molar-refractivity contribution < 1.29 is 5.11 Å². The Hall–Kier alpha value is -2.05. The largest absolute Gasteiger partial charge is 0.507 e. The fourth-order valence-electron chi connectivity index (χ4n) is 3.40. The number of halogens is 2. The van der Waals surface area contributed by atoms with Crippen LogP contribution in [0.4, 0.5) is 0 Å². The highest BCUT2D eigenvalue weighted by Gasteiger charge is 2.18. The van der Waals surface area contributed by atoms with E-state index >= 15 is 0 Å². The lowest BCUT2D eigenvalue weighted by molar-refractivity contribution is 0.321. The Morgan fingerprint density at radius 1 is 1.18 bits per heavy atom. The second-order valence-electron chi connectivity index (χ2n) is 6.88. The van der Waals surface area contributed by atoms with E-state index in [1.807, 2.05) is 37.7 Å². The number of aromatic hydroxyl groups is 1. The monoisotopic (exact) mass is 434 g/mol. The summed E-state index contributed by atoms with van der Waals surface area (Å²) in [5.74, 6) is 0.0976. The van der Waals surface area contributed by atoms with E-state index in [2.05, 4.69) is 28.9 Å². The number of hydrogen-bond donors (Lipinski definition) is 2. The summed E-state index contributed by atoms with van der Waals surface area (Å²) < 4.78 is 0.628. The lowest BCUT2D eigenvalue weighted by Gasteiger charge is -2.20. The fourth-order valence-corrected chi connectivity index (χ4v) is 4.44. The lowest BCUT2D eigenvalue weighted by atomic mass is 9.95. The number of fused-ring (bicyclic) bond motifs is 3. The molecule has 0 fully saturated rings. The Kier molecular flexibility index (Phi) is 5.73. The number of thiophene rings is 1. The van der Waals surface area contributed by atoms with Crippen molar-refractivity contribution in [3.8, 4) is 16.9 Å². The smallest absolute Gasteiger partial charge is 0.266 e. The summed E-state index contributed by atoms with van der Waals surface area (Å²) in [4.78, 5) is 17.4. The maximum absolute atomic E-state index is 12.4. The van der Waals surface area contributed by atoms with Gasteiger partial charge in [0.1, 0.15) is 10.4 Å². The normalized spacial score (nSPS) is 12.5. The number of phenols is 1. The summed E-state index contributed by atoms with van der Waals surface area (Å²) in [5.41, 5.74) is 3.13. The molecule has 2 aromatic carbocycles. The third-order valence-corrected chi connectivity index (χ3v) is 6.31. The number of aromatic amines is 1. The summed E-state index contributed by atoms with van der Waals surface area (Å²) >= 11 is 7.71. The number of nitrogens with zero attached hydrogens (tertiary/aromatic N) is 1. The van der Waals surface area contributed by atoms with Crippen LogP contribution in [0.3, 0.4) is 0 Å². The second kappa shape index (κ2) is 7.76. The van der Waals surface area contributed by atoms with Crippen LogP contribution in [0.1, 0.15) is 18.5 Å². The maximum Gasteiger partial charge on any atom is 0.266 e. The van der Waals surface area contributed by atoms with Crippen LogP contribution in [0, 0.1) is 0 Å². The van der Waals surface area contributed by atoms with Gasteiger partial charge in [0.25, 0.3) is 5.56 Å². The van der Waals surface area contributed by atoms with Gasteiger partial charge in [-0.1, -0.05) is 35.9 Å². The van der Waals surface area contributed by atoms with E-state index in [-0.39, 0.29) is 29.8 Å². The van der Waals surface area contributed by atoms with E-state index in [4.69, 9.17) is 11.6 Å². The molecule has 1 atom stereocenters. The summed E-state index contributed by atoms with van der Waals surface area (Å²) in [6.07, 6.45) is 0. The van der Waals surface area contributed by atoms with Crippen LogP contribution >= 0.6 is 35.3 Å². The number of rotatable bonds is 3. The first-order chi connectivity index (χ1) is 12.9. The summed E-state index contributed by atoms with van der Waals surface area (Å²) in [6, 6.07) is 11.8. The quantitative estimate of drug-likeness (QED) is 0.427. The molecule has 146 valence electrons. The lowest BCUT2D eigenvalue weighted by Crippen LogP contribution is -2.16. The Morgan fingerprint density at radius 3 is 2.50 bits per heavy atom. The molecule has 0 spiro atoms. The van der Waals surface area contributed by atoms with Gasteiger partial charge in [0.2, 0.25) is 0 Å². The SMILES string of the molecule is CC(c1ccc(-c2c(O)cc(Cl)c3[nH]c(=O)c4sccc4c23)cc1)N(C)C.Cl. The first-order valence-corrected chi connectivity index (χ1v) is 9.85. The van der Waals surface area contributed by atoms with Gasteiger partial charge >= 0.3 is 0 Å². The molecule has 2 heterocycles. The number of H-pyrrole nitrogens is 1. The van der Waals surface area contributed by atoms with Crippen molar-refractivity contribution in [2.24, 2.45) is 0 Å². The van der Waals surface area contributed by atoms with Crippen molar-refractivity contribution >= 4 is 56.3 Å². The molecule has 7 heteroatoms. The zero-order valence-electron chi connectivity index (χ0n) is 15.6. The average molecular weight is 435 g/mol. The van der Waals surface area contributed by atoms with Gasteiger partial charge in [-0.3, -0.25) is 4.79 Å². The molecule has 1 unspecified atom stereocenters. The first kappa shape index (κ1) is 20.7. The molecule has 0 aliphatic carbocycles. The van der Waals surface area contributed by atoms with E-state index in [1.54, 1.807) is 0 Å². The zero-order chi connectivity index (χ0) is 19.3. The predicted molar refractivity (Wildman–Crippen MR) is 121 cm³/mol. The molecule has 2 N–H and O–H groups in total. The third-order valence-electron chi connectivity index (χ3n) is 5.09. The highest BCUT2D eigenvalue weighted by molar-refractivity contribution is 7.17. The second-order valence-corrected chi connectivity index (χ2v) is 8.20. The standard InChI is InChI=1S/C21H19ClN2O2S.ClH/c1-11(24(2)3)12-4-6-13(7-5-12)17-16(25)10-15(22)19-18(17)14-8-9-27-20(14)21(26)23-19;/h4-11,25H,1-3H3,(H,23,26);1H. The highest BCUT2D eigenvalue weighted by Crippen LogP contribution is 2.42. The van der Waals surface area contributed by atoms with Crippen molar-refractivity contribution in [2.45, 2.75) is 13.0 Å². The number of nitrogens with one attached hydrogen (secondary N) is 1. The van der Waals surface area contributed by atoms with Crippen LogP contribution in [-0.4, -0.2) is 29.1 Å². The van der Waals surface area contributed by atoms with E-state index in [0.29, 0.717) is 20.8 Å². The predicted octanol–water partition coefficient (Wildman–Crippen LogP) is 5.81. The minimum atomic E-state index is -0.166. The molecule has 0 bridgehead atoms. The third kappa shape index (κ3) is 3.29. The topological polar surface area (TPSA) is 56.3 Å². The first-order valence-electron chi connectivity index (χ1n) is 8.60. The van der Waals surface area contributed by atoms with Gasteiger partial charge in [0.05, 0.1) is 10.5 Å². The van der Waals surface area contributed by atoms with Gasteiger partial charge in [-0.25, -0.2) is 0 Å². The Bertz CT molecular complexity index is 1210. The number of aromatic nitrogens is 1. The molecular formula is C21H20Cl2N2O2S. The van der Waals surface area contributed by atoms with Gasteiger partial charge in [0.15, 0.2) is 0 Å². The van der Waals surface area contributed by atoms with Gasteiger partial charge in [0, 0.05) is 28.4 Å². The minimum absolute atomic E-state index is 0. The molecule has 0 aliphatic heterocycles. The van der Waals surface area contributed by atoms with Crippen molar-refractivity contribution in [3.05, 3.63) is 62.7 Å². The molecule has 2 aromatic heterocycles. The van der Waals surface area contributed by atoms with Crippen LogP contribution in [0.25, 0.3) is 32.1 Å². The van der Waals surface area contributed by atoms with Crippen molar-refractivity contribution in [3.63, 3.8) is 0 Å². The number of pyridine rings is 1. The van der Waals surface area contributed by atoms with Gasteiger partial charge in [-0.05, 0) is 43.6 Å². The van der Waals surface area contributed by atoms with Gasteiger partial charge in [-0.2, -0.15) is 0 Å². The molecule has 0 amide bonds. The van der Waals surface area contributed by atoms with Crippen molar-refractivity contribution in [2.75, 3.05) is 14.1 Å². The number of phenolic OH excluding ortho intramolecular Hbond substituents is 1. The fraction of sp³-hybridized carbons (Fsp3) is 0.190. The molecule has 4 aromatic rings. The molecule has 4 rings (SSSR count). The van der Waals surface area contributed by atoms with Crippen LogP contribution in [-0.2, 0) is 0 Å². The van der Waals surface area contributed by atoms with Gasteiger partial charge < -0.3 is 15.0 Å². The molecule has 4 nitrogen and oxygen atoms in total. The maximum atomic E-state index is 12.4. The van der Waals surface area contributed by atoms with Crippen molar-refractivity contribution in [1.82, 2.24) is 9.88 Å². The van der Waals surface area contributed by atoms with Gasteiger partial charge in [-0.15, -0.1) is 23.7 Å². The molecule has 0 aliphatic rings. The molecule has 0 saturated carbocycles. The minimum Gasteiger partial charge on any atom is -0.507 e. The molecule has 28 heavy (non-hydrogen) atoms. The Morgan fingerprint density at radius 2 is 1.86 bits per heavy atom. The summed E-state index contributed by atoms with van der Waals surface area (Å²) in [6.45, 7) is 2.14. The molecular weight excluding hydrogens is 415 g/mol. The number of hydrogen-bond acceptors (Lipinski definition) is 4. The van der Waals surface area contributed by atoms with E-state index in [0.717, 1.165) is 16.3 Å². The van der Waals surface area contributed by atoms with Crippen molar-refractivity contribution in [1.29, 1.82) is 0 Å².